The first-order chi connectivity index (χ1) is 32.7. The van der Waals surface area contributed by atoms with Gasteiger partial charge in [0.15, 0.2) is 0 Å². The Hall–Kier alpha value is -6.43. The molecule has 0 atom stereocenters. The van der Waals surface area contributed by atoms with Crippen LogP contribution in [-0.2, 0) is 25.5 Å². The number of rotatable bonds is 7. The molecule has 0 aliphatic rings. The molecule has 0 saturated carbocycles. The first-order valence-electron chi connectivity index (χ1n) is 24.0. The third-order valence-corrected chi connectivity index (χ3v) is 15.4. The molecule has 0 fully saturated rings. The average Bonchev–Trinajstić information content (AvgIpc) is 3.91. The van der Waals surface area contributed by atoms with Gasteiger partial charge in [-0.1, -0.05) is 170 Å². The number of nitrogens with zero attached hydrogens (tertiary/aromatic N) is 3. The molecule has 11 aromatic rings. The molecule has 1 radical (unpaired) electrons. The van der Waals surface area contributed by atoms with E-state index in [-0.39, 0.29) is 37.4 Å². The fraction of sp³-hybridized carbons (Fsp3) is 0.206. The molecule has 4 nitrogen and oxygen atoms in total. The van der Waals surface area contributed by atoms with Gasteiger partial charge in [-0.2, -0.15) is 0 Å². The van der Waals surface area contributed by atoms with Crippen molar-refractivity contribution in [3.63, 3.8) is 0 Å². The van der Waals surface area contributed by atoms with Crippen molar-refractivity contribution in [2.45, 2.75) is 85.4 Å². The van der Waals surface area contributed by atoms with Gasteiger partial charge in [0.05, 0.1) is 30.5 Å². The molecule has 0 N–H and O–H groups in total. The maximum absolute atomic E-state index is 7.07. The third kappa shape index (κ3) is 9.03. The van der Waals surface area contributed by atoms with Crippen molar-refractivity contribution in [1.29, 1.82) is 0 Å². The molecular formula is C63H59IrN3OSi-2. The van der Waals surface area contributed by atoms with Crippen LogP contribution >= 0.6 is 0 Å². The zero-order valence-electron chi connectivity index (χ0n) is 41.3. The van der Waals surface area contributed by atoms with E-state index in [1.165, 1.54) is 60.2 Å². The van der Waals surface area contributed by atoms with Gasteiger partial charge in [-0.3, -0.25) is 4.98 Å². The fourth-order valence-electron chi connectivity index (χ4n) is 9.67. The molecular weight excluding hydrogens is 1040 g/mol. The summed E-state index contributed by atoms with van der Waals surface area (Å²) >= 11 is 0. The number of benzene rings is 8. The summed E-state index contributed by atoms with van der Waals surface area (Å²) in [5.74, 6) is 1.38. The zero-order valence-corrected chi connectivity index (χ0v) is 44.7. The second-order valence-corrected chi connectivity index (χ2v) is 26.0. The van der Waals surface area contributed by atoms with E-state index in [1.807, 2.05) is 30.5 Å². The fourth-order valence-corrected chi connectivity index (χ4v) is 10.7. The number of fused-ring (bicyclic) bond motifs is 7. The van der Waals surface area contributed by atoms with Gasteiger partial charge in [-0.15, -0.1) is 53.6 Å². The maximum atomic E-state index is 7.07. The molecule has 0 spiro atoms. The number of imidazole rings is 1. The van der Waals surface area contributed by atoms with Crippen LogP contribution in [0.1, 0.15) is 77.0 Å². The topological polar surface area (TPSA) is 43.9 Å². The van der Waals surface area contributed by atoms with Gasteiger partial charge in [0, 0.05) is 37.4 Å². The van der Waals surface area contributed by atoms with Crippen LogP contribution in [0, 0.1) is 12.1 Å². The Kier molecular flexibility index (Phi) is 13.0. The number of hydrogen-bond acceptors (Lipinski definition) is 3. The van der Waals surface area contributed by atoms with E-state index in [4.69, 9.17) is 9.40 Å². The minimum Gasteiger partial charge on any atom is -0.501 e. The minimum absolute atomic E-state index is 0. The van der Waals surface area contributed by atoms with E-state index >= 15 is 0 Å². The number of pyridine rings is 1. The summed E-state index contributed by atoms with van der Waals surface area (Å²) in [6, 6.07) is 63.0. The SMILES string of the molecule is CC(C)c1cc(-c2ccccc2)cc(C(C)C)c1-n1c(-c2[c-]cc(C(C)(C)C)c3c2oc2cc4c(ccc5ccccc54)cc23)nc2ccccc21.C[Si](C)(C)c1ccc(-c2[c-]cccc2)nc1.[Ir]. The second kappa shape index (κ2) is 18.8. The monoisotopic (exact) mass is 1090 g/mol. The summed E-state index contributed by atoms with van der Waals surface area (Å²) < 4.78 is 9.46. The molecule has 0 unspecified atom stereocenters. The quantitative estimate of drug-likeness (QED) is 0.0907. The largest absolute Gasteiger partial charge is 0.501 e. The summed E-state index contributed by atoms with van der Waals surface area (Å²) in [6.45, 7) is 23.0. The summed E-state index contributed by atoms with van der Waals surface area (Å²) in [7, 11) is -1.23. The molecule has 0 aliphatic carbocycles. The van der Waals surface area contributed by atoms with Crippen molar-refractivity contribution in [1.82, 2.24) is 14.5 Å². The molecule has 3 aromatic heterocycles. The van der Waals surface area contributed by atoms with Crippen molar-refractivity contribution in [3.8, 4) is 39.5 Å². The summed E-state index contributed by atoms with van der Waals surface area (Å²) in [6.07, 6.45) is 2.02. The van der Waals surface area contributed by atoms with E-state index < -0.39 is 8.07 Å². The predicted octanol–water partition coefficient (Wildman–Crippen LogP) is 17.0. The van der Waals surface area contributed by atoms with Gasteiger partial charge in [-0.05, 0) is 108 Å². The van der Waals surface area contributed by atoms with Crippen LogP contribution in [0.25, 0.3) is 94.0 Å². The molecule has 347 valence electrons. The standard InChI is InChI=1S/C49H43N2O.C14H16NSi.Ir/c1-29(2)37-26-34(31-15-9-8-10-16-31)27-38(30(3)4)46(37)51-43-20-14-13-19-42(43)50-48(51)36-23-24-41(49(5,6)7)45-40-25-33-22-21-32-17-11-12-18-35(32)39(33)28-44(40)52-47(36)45;1-16(2,3)13-9-10-14(15-11-13)12-7-5-4-6-8-12;/h8-22,24-30H,1-7H3;4-7,9-11H,1-3H3;/q2*-1;. The van der Waals surface area contributed by atoms with E-state index in [0.29, 0.717) is 0 Å². The van der Waals surface area contributed by atoms with Gasteiger partial charge >= 0.3 is 0 Å². The van der Waals surface area contributed by atoms with Gasteiger partial charge in [0.1, 0.15) is 5.58 Å². The van der Waals surface area contributed by atoms with E-state index in [9.17, 15) is 0 Å². The van der Waals surface area contributed by atoms with Gasteiger partial charge in [-0.25, -0.2) is 0 Å². The van der Waals surface area contributed by atoms with Crippen molar-refractivity contribution in [2.24, 2.45) is 0 Å². The molecule has 0 amide bonds. The van der Waals surface area contributed by atoms with Crippen LogP contribution in [0.5, 0.6) is 0 Å². The second-order valence-electron chi connectivity index (χ2n) is 20.9. The van der Waals surface area contributed by atoms with Crippen LogP contribution in [0.15, 0.2) is 168 Å². The molecule has 69 heavy (non-hydrogen) atoms. The van der Waals surface area contributed by atoms with Crippen molar-refractivity contribution in [2.75, 3.05) is 0 Å². The molecule has 0 bridgehead atoms. The van der Waals surface area contributed by atoms with E-state index in [0.717, 1.165) is 55.6 Å². The Morgan fingerprint density at radius 2 is 1.32 bits per heavy atom. The molecule has 6 heteroatoms. The van der Waals surface area contributed by atoms with Crippen LogP contribution in [0.3, 0.4) is 0 Å². The van der Waals surface area contributed by atoms with Gasteiger partial charge < -0.3 is 14.0 Å². The van der Waals surface area contributed by atoms with Crippen LogP contribution in [-0.4, -0.2) is 22.6 Å². The van der Waals surface area contributed by atoms with Crippen LogP contribution in [0.2, 0.25) is 19.6 Å². The molecule has 0 aliphatic heterocycles. The van der Waals surface area contributed by atoms with Crippen LogP contribution in [0.4, 0.5) is 0 Å². The Bertz CT molecular complexity index is 3600. The molecule has 11 rings (SSSR count). The first kappa shape index (κ1) is 47.6. The van der Waals surface area contributed by atoms with Crippen molar-refractivity contribution in [3.05, 3.63) is 193 Å². The van der Waals surface area contributed by atoms with E-state index in [2.05, 4.69) is 223 Å². The maximum Gasteiger partial charge on any atom is 0.121 e. The number of furan rings is 1. The molecule has 0 saturated heterocycles. The van der Waals surface area contributed by atoms with Gasteiger partial charge in [0.25, 0.3) is 0 Å². The van der Waals surface area contributed by atoms with E-state index in [1.54, 1.807) is 0 Å². The Balaban J connectivity index is 0.000000296. The summed E-state index contributed by atoms with van der Waals surface area (Å²) in [5.41, 5.74) is 14.0. The van der Waals surface area contributed by atoms with Gasteiger partial charge in [0.2, 0.25) is 0 Å². The number of aromatic nitrogens is 3. The van der Waals surface area contributed by atoms with Crippen molar-refractivity contribution >= 4 is 67.8 Å². The average molecular weight is 1090 g/mol. The number of hydrogen-bond donors (Lipinski definition) is 0. The zero-order chi connectivity index (χ0) is 47.5. The van der Waals surface area contributed by atoms with Crippen LogP contribution < -0.4 is 5.19 Å². The first-order valence-corrected chi connectivity index (χ1v) is 27.5. The Labute approximate surface area is 421 Å². The third-order valence-electron chi connectivity index (χ3n) is 13.4. The minimum atomic E-state index is -1.23. The Morgan fingerprint density at radius 1 is 0.638 bits per heavy atom. The predicted molar refractivity (Wildman–Crippen MR) is 291 cm³/mol. The molecule has 8 aromatic carbocycles. The summed E-state index contributed by atoms with van der Waals surface area (Å²) in [4.78, 5) is 9.94. The number of para-hydroxylation sites is 2. The Morgan fingerprint density at radius 3 is 1.99 bits per heavy atom. The smallest absolute Gasteiger partial charge is 0.121 e. The molecule has 3 heterocycles. The normalized spacial score (nSPS) is 12.1. The van der Waals surface area contributed by atoms with Crippen molar-refractivity contribution < 1.29 is 24.5 Å². The summed E-state index contributed by atoms with van der Waals surface area (Å²) in [5, 5.41) is 8.51.